The molecule has 1 amide bonds. The molecule has 0 saturated carbocycles. The molecule has 0 aromatic carbocycles. The van der Waals surface area contributed by atoms with Crippen LogP contribution in [0.15, 0.2) is 0 Å². The molecule has 14 heavy (non-hydrogen) atoms. The van der Waals surface area contributed by atoms with Crippen LogP contribution in [0.25, 0.3) is 0 Å². The second kappa shape index (κ2) is 5.27. The fourth-order valence-corrected chi connectivity index (χ4v) is 1.48. The van der Waals surface area contributed by atoms with Crippen LogP contribution in [0.4, 0.5) is 8.78 Å². The third kappa shape index (κ3) is 3.60. The number of piperidine rings is 1. The van der Waals surface area contributed by atoms with Crippen LogP contribution in [-0.4, -0.2) is 29.3 Å². The second-order valence-electron chi connectivity index (χ2n) is 3.39. The molecular formula is C10H19F2NO. The van der Waals surface area contributed by atoms with Crippen molar-refractivity contribution in [2.24, 2.45) is 0 Å². The average Bonchev–Trinajstić information content (AvgIpc) is 2.12. The quantitative estimate of drug-likeness (QED) is 0.598. The monoisotopic (exact) mass is 207 g/mol. The van der Waals surface area contributed by atoms with E-state index in [4.69, 9.17) is 0 Å². The molecule has 1 fully saturated rings. The molecule has 1 heterocycles. The number of nitrogens with zero attached hydrogens (tertiary/aromatic N) is 1. The molecule has 1 aliphatic rings. The second-order valence-corrected chi connectivity index (χ2v) is 3.39. The van der Waals surface area contributed by atoms with Gasteiger partial charge >= 0.3 is 0 Å². The van der Waals surface area contributed by atoms with Crippen LogP contribution in [0.2, 0.25) is 0 Å². The van der Waals surface area contributed by atoms with Crippen LogP contribution in [0.1, 0.15) is 40.5 Å². The first-order valence-electron chi connectivity index (χ1n) is 5.07. The topological polar surface area (TPSA) is 20.3 Å². The van der Waals surface area contributed by atoms with E-state index in [1.54, 1.807) is 6.92 Å². The first-order valence-corrected chi connectivity index (χ1v) is 5.07. The summed E-state index contributed by atoms with van der Waals surface area (Å²) in [6.45, 7) is 6.72. The lowest BCUT2D eigenvalue weighted by molar-refractivity contribution is -0.144. The summed E-state index contributed by atoms with van der Waals surface area (Å²) in [5, 5.41) is 0. The van der Waals surface area contributed by atoms with Gasteiger partial charge in [0.2, 0.25) is 5.91 Å². The van der Waals surface area contributed by atoms with Gasteiger partial charge in [0.25, 0.3) is 5.92 Å². The lowest BCUT2D eigenvalue weighted by Gasteiger charge is -2.37. The highest BCUT2D eigenvalue weighted by molar-refractivity contribution is 5.73. The van der Waals surface area contributed by atoms with Gasteiger partial charge < -0.3 is 4.90 Å². The first-order chi connectivity index (χ1) is 6.42. The van der Waals surface area contributed by atoms with Gasteiger partial charge in [0.1, 0.15) is 0 Å². The number of carbonyl (C=O) groups is 1. The summed E-state index contributed by atoms with van der Waals surface area (Å²) < 4.78 is 25.6. The van der Waals surface area contributed by atoms with Crippen molar-refractivity contribution in [3.63, 3.8) is 0 Å². The molecule has 0 bridgehead atoms. The minimum atomic E-state index is -2.68. The van der Waals surface area contributed by atoms with E-state index in [9.17, 15) is 13.6 Å². The Kier molecular flexibility index (Phi) is 5.02. The van der Waals surface area contributed by atoms with E-state index in [0.29, 0.717) is 6.42 Å². The van der Waals surface area contributed by atoms with Gasteiger partial charge in [0, 0.05) is 19.4 Å². The van der Waals surface area contributed by atoms with Crippen LogP contribution in [-0.2, 0) is 4.79 Å². The minimum Gasteiger partial charge on any atom is -0.334 e. The van der Waals surface area contributed by atoms with Crippen LogP contribution in [0.5, 0.6) is 0 Å². The smallest absolute Gasteiger partial charge is 0.265 e. The van der Waals surface area contributed by atoms with Crippen LogP contribution < -0.4 is 0 Å². The van der Waals surface area contributed by atoms with Gasteiger partial charge in [0.15, 0.2) is 0 Å². The summed E-state index contributed by atoms with van der Waals surface area (Å²) in [6.07, 6.45) is 0.296. The minimum absolute atomic E-state index is 0.0397. The Morgan fingerprint density at radius 1 is 1.43 bits per heavy atom. The molecule has 0 spiro atoms. The number of halogens is 2. The highest BCUT2D eigenvalue weighted by Gasteiger charge is 2.39. The van der Waals surface area contributed by atoms with Gasteiger partial charge in [0.05, 0.1) is 6.54 Å². The summed E-state index contributed by atoms with van der Waals surface area (Å²) in [4.78, 5) is 12.1. The maximum Gasteiger partial charge on any atom is 0.265 e. The number of hydrogen-bond acceptors (Lipinski definition) is 1. The predicted molar refractivity (Wildman–Crippen MR) is 52.4 cm³/mol. The van der Waals surface area contributed by atoms with E-state index in [2.05, 4.69) is 0 Å². The Morgan fingerprint density at radius 2 is 1.93 bits per heavy atom. The Hall–Kier alpha value is -0.670. The molecule has 0 aliphatic carbocycles. The van der Waals surface area contributed by atoms with Crippen molar-refractivity contribution in [1.82, 2.24) is 4.90 Å². The average molecular weight is 207 g/mol. The number of rotatable bonds is 0. The fourth-order valence-electron chi connectivity index (χ4n) is 1.48. The largest absolute Gasteiger partial charge is 0.334 e. The predicted octanol–water partition coefficient (Wildman–Crippen LogP) is 2.68. The molecule has 1 unspecified atom stereocenters. The zero-order valence-electron chi connectivity index (χ0n) is 9.31. The molecule has 1 saturated heterocycles. The molecule has 0 aromatic rings. The van der Waals surface area contributed by atoms with E-state index in [0.717, 1.165) is 0 Å². The normalized spacial score (nSPS) is 25.0. The van der Waals surface area contributed by atoms with E-state index < -0.39 is 12.5 Å². The Bertz CT molecular complexity index is 195. The molecule has 0 radical (unpaired) electrons. The summed E-state index contributed by atoms with van der Waals surface area (Å²) in [7, 11) is 0. The Morgan fingerprint density at radius 3 is 2.29 bits per heavy atom. The van der Waals surface area contributed by atoms with Crippen LogP contribution >= 0.6 is 0 Å². The molecule has 2 nitrogen and oxygen atoms in total. The summed E-state index contributed by atoms with van der Waals surface area (Å²) in [5.74, 6) is -2.94. The fraction of sp³-hybridized carbons (Fsp3) is 0.900. The Balaban J connectivity index is 0.000000791. The van der Waals surface area contributed by atoms with Crippen molar-refractivity contribution in [3.05, 3.63) is 0 Å². The molecular weight excluding hydrogens is 188 g/mol. The summed E-state index contributed by atoms with van der Waals surface area (Å²) >= 11 is 0. The molecule has 0 aromatic heterocycles. The van der Waals surface area contributed by atoms with Crippen molar-refractivity contribution in [2.75, 3.05) is 6.54 Å². The highest BCUT2D eigenvalue weighted by atomic mass is 19.3. The molecule has 1 atom stereocenters. The van der Waals surface area contributed by atoms with E-state index in [1.165, 1.54) is 11.8 Å². The number of carbonyl (C=O) groups excluding carboxylic acids is 1. The number of amides is 1. The SMILES string of the molecule is CC.CC(=O)N1CC(F)(F)CCC1C. The van der Waals surface area contributed by atoms with E-state index >= 15 is 0 Å². The molecule has 1 aliphatic heterocycles. The molecule has 4 heteroatoms. The highest BCUT2D eigenvalue weighted by Crippen LogP contribution is 2.29. The van der Waals surface area contributed by atoms with Crippen molar-refractivity contribution >= 4 is 5.91 Å². The van der Waals surface area contributed by atoms with Gasteiger partial charge in [-0.05, 0) is 13.3 Å². The molecule has 84 valence electrons. The maximum atomic E-state index is 12.8. The molecule has 1 rings (SSSR count). The van der Waals surface area contributed by atoms with Crippen molar-refractivity contribution in [1.29, 1.82) is 0 Å². The molecule has 0 N–H and O–H groups in total. The number of alkyl halides is 2. The van der Waals surface area contributed by atoms with Gasteiger partial charge in [-0.2, -0.15) is 0 Å². The number of hydrogen-bond donors (Lipinski definition) is 0. The standard InChI is InChI=1S/C8H13F2NO.C2H6/c1-6-3-4-8(9,10)5-11(6)7(2)12;1-2/h6H,3-5H2,1-2H3;1-2H3. The first kappa shape index (κ1) is 13.3. The van der Waals surface area contributed by atoms with Gasteiger partial charge in [-0.15, -0.1) is 0 Å². The third-order valence-corrected chi connectivity index (χ3v) is 2.27. The van der Waals surface area contributed by atoms with Crippen LogP contribution in [0, 0.1) is 0 Å². The Labute approximate surface area is 84.3 Å². The van der Waals surface area contributed by atoms with Gasteiger partial charge in [-0.3, -0.25) is 4.79 Å². The van der Waals surface area contributed by atoms with Gasteiger partial charge in [-0.25, -0.2) is 8.78 Å². The zero-order valence-corrected chi connectivity index (χ0v) is 9.31. The van der Waals surface area contributed by atoms with Crippen molar-refractivity contribution in [3.8, 4) is 0 Å². The van der Waals surface area contributed by atoms with Crippen molar-refractivity contribution < 1.29 is 13.6 Å². The summed E-state index contributed by atoms with van der Waals surface area (Å²) in [6, 6.07) is -0.0397. The zero-order chi connectivity index (χ0) is 11.4. The van der Waals surface area contributed by atoms with E-state index in [-0.39, 0.29) is 18.4 Å². The van der Waals surface area contributed by atoms with E-state index in [1.807, 2.05) is 13.8 Å². The maximum absolute atomic E-state index is 12.8. The summed E-state index contributed by atoms with van der Waals surface area (Å²) in [5.41, 5.74) is 0. The number of likely N-dealkylation sites (tertiary alicyclic amines) is 1. The van der Waals surface area contributed by atoms with Crippen LogP contribution in [0.3, 0.4) is 0 Å². The van der Waals surface area contributed by atoms with Crippen molar-refractivity contribution in [2.45, 2.75) is 52.5 Å². The lowest BCUT2D eigenvalue weighted by Crippen LogP contribution is -2.49. The third-order valence-electron chi connectivity index (χ3n) is 2.27. The van der Waals surface area contributed by atoms with Gasteiger partial charge in [-0.1, -0.05) is 13.8 Å². The lowest BCUT2D eigenvalue weighted by atomic mass is 10.0.